The van der Waals surface area contributed by atoms with E-state index in [2.05, 4.69) is 20.1 Å². The van der Waals surface area contributed by atoms with Gasteiger partial charge in [-0.3, -0.25) is 9.69 Å². The quantitative estimate of drug-likeness (QED) is 0.810. The number of amides is 1. The number of methoxy groups -OCH3 is 1. The highest BCUT2D eigenvalue weighted by Gasteiger charge is 2.25. The standard InChI is InChI=1S/C21H28N4O2/c1-17(21(26)23-12-10-18-6-8-19(27-2)9-7-18)24-13-15-25(16-14-24)20-5-3-4-11-22-20/h3-9,11,17H,10,12-16H2,1-2H3,(H,23,26)/t17-/m0/s1. The number of piperazine rings is 1. The lowest BCUT2D eigenvalue weighted by Crippen LogP contribution is -2.54. The van der Waals surface area contributed by atoms with Crippen LogP contribution in [0.5, 0.6) is 5.75 Å². The number of aromatic nitrogens is 1. The Kier molecular flexibility index (Phi) is 6.65. The number of hydrogen-bond donors (Lipinski definition) is 1. The van der Waals surface area contributed by atoms with Gasteiger partial charge in [-0.15, -0.1) is 0 Å². The maximum absolute atomic E-state index is 12.5. The van der Waals surface area contributed by atoms with Gasteiger partial charge in [-0.25, -0.2) is 4.98 Å². The van der Waals surface area contributed by atoms with Crippen LogP contribution < -0.4 is 15.0 Å². The molecule has 1 fully saturated rings. The van der Waals surface area contributed by atoms with Gasteiger partial charge in [0, 0.05) is 38.9 Å². The first kappa shape index (κ1) is 19.2. The number of nitrogens with one attached hydrogen (secondary N) is 1. The molecule has 1 aromatic heterocycles. The molecule has 0 aliphatic carbocycles. The normalized spacial score (nSPS) is 16.0. The van der Waals surface area contributed by atoms with Crippen LogP contribution in [0.25, 0.3) is 0 Å². The van der Waals surface area contributed by atoms with Gasteiger partial charge in [0.1, 0.15) is 11.6 Å². The van der Waals surface area contributed by atoms with E-state index in [9.17, 15) is 4.79 Å². The van der Waals surface area contributed by atoms with Crippen molar-refractivity contribution in [3.8, 4) is 5.75 Å². The van der Waals surface area contributed by atoms with Crippen LogP contribution in [0.2, 0.25) is 0 Å². The van der Waals surface area contributed by atoms with Crippen LogP contribution in [0.1, 0.15) is 12.5 Å². The lowest BCUT2D eigenvalue weighted by molar-refractivity contribution is -0.125. The average Bonchev–Trinajstić information content (AvgIpc) is 2.74. The van der Waals surface area contributed by atoms with Gasteiger partial charge >= 0.3 is 0 Å². The van der Waals surface area contributed by atoms with Crippen molar-refractivity contribution in [3.63, 3.8) is 0 Å². The number of benzene rings is 1. The van der Waals surface area contributed by atoms with Crippen LogP contribution >= 0.6 is 0 Å². The maximum Gasteiger partial charge on any atom is 0.237 e. The molecule has 0 spiro atoms. The lowest BCUT2D eigenvalue weighted by Gasteiger charge is -2.37. The maximum atomic E-state index is 12.5. The predicted octanol–water partition coefficient (Wildman–Crippen LogP) is 1.96. The number of carbonyl (C=O) groups is 1. The molecule has 1 amide bonds. The second kappa shape index (κ2) is 9.37. The first-order valence-corrected chi connectivity index (χ1v) is 9.48. The van der Waals surface area contributed by atoms with Crippen molar-refractivity contribution in [2.75, 3.05) is 44.7 Å². The van der Waals surface area contributed by atoms with Gasteiger partial charge in [-0.2, -0.15) is 0 Å². The molecule has 1 N–H and O–H groups in total. The molecular formula is C21H28N4O2. The molecular weight excluding hydrogens is 340 g/mol. The zero-order chi connectivity index (χ0) is 19.1. The Morgan fingerprint density at radius 3 is 2.52 bits per heavy atom. The Labute approximate surface area is 161 Å². The van der Waals surface area contributed by atoms with Crippen LogP contribution in [-0.4, -0.2) is 61.7 Å². The van der Waals surface area contributed by atoms with E-state index in [4.69, 9.17) is 4.74 Å². The third-order valence-electron chi connectivity index (χ3n) is 5.09. The van der Waals surface area contributed by atoms with Crippen molar-refractivity contribution in [3.05, 3.63) is 54.2 Å². The third kappa shape index (κ3) is 5.20. The highest BCUT2D eigenvalue weighted by Crippen LogP contribution is 2.14. The Bertz CT molecular complexity index is 713. The number of rotatable bonds is 7. The summed E-state index contributed by atoms with van der Waals surface area (Å²) in [7, 11) is 1.66. The van der Waals surface area contributed by atoms with Gasteiger partial charge in [0.15, 0.2) is 0 Å². The van der Waals surface area contributed by atoms with Crippen molar-refractivity contribution in [2.45, 2.75) is 19.4 Å². The van der Waals surface area contributed by atoms with E-state index in [0.29, 0.717) is 6.54 Å². The summed E-state index contributed by atoms with van der Waals surface area (Å²) in [6, 6.07) is 13.8. The van der Waals surface area contributed by atoms with Gasteiger partial charge in [0.05, 0.1) is 13.2 Å². The number of nitrogens with zero attached hydrogens (tertiary/aromatic N) is 3. The van der Waals surface area contributed by atoms with E-state index < -0.39 is 0 Å². The highest BCUT2D eigenvalue weighted by molar-refractivity contribution is 5.81. The molecule has 144 valence electrons. The minimum Gasteiger partial charge on any atom is -0.497 e. The molecule has 0 radical (unpaired) electrons. The average molecular weight is 368 g/mol. The monoisotopic (exact) mass is 368 g/mol. The van der Waals surface area contributed by atoms with E-state index in [1.54, 1.807) is 7.11 Å². The largest absolute Gasteiger partial charge is 0.497 e. The molecule has 1 atom stereocenters. The molecule has 6 heteroatoms. The molecule has 6 nitrogen and oxygen atoms in total. The first-order valence-electron chi connectivity index (χ1n) is 9.48. The first-order chi connectivity index (χ1) is 13.2. The van der Waals surface area contributed by atoms with Crippen molar-refractivity contribution >= 4 is 11.7 Å². The van der Waals surface area contributed by atoms with Crippen LogP contribution in [-0.2, 0) is 11.2 Å². The second-order valence-corrected chi connectivity index (χ2v) is 6.78. The van der Waals surface area contributed by atoms with Gasteiger partial charge in [-0.1, -0.05) is 18.2 Å². The summed E-state index contributed by atoms with van der Waals surface area (Å²) in [6.07, 6.45) is 2.64. The van der Waals surface area contributed by atoms with Gasteiger partial charge < -0.3 is 15.0 Å². The lowest BCUT2D eigenvalue weighted by atomic mass is 10.1. The van der Waals surface area contributed by atoms with Gasteiger partial charge in [0.25, 0.3) is 0 Å². The Morgan fingerprint density at radius 2 is 1.89 bits per heavy atom. The molecule has 1 aliphatic rings. The van der Waals surface area contributed by atoms with Crippen molar-refractivity contribution in [1.29, 1.82) is 0 Å². The number of ether oxygens (including phenoxy) is 1. The fourth-order valence-electron chi connectivity index (χ4n) is 3.31. The molecule has 1 saturated heterocycles. The second-order valence-electron chi connectivity index (χ2n) is 6.78. The van der Waals surface area contributed by atoms with E-state index >= 15 is 0 Å². The smallest absolute Gasteiger partial charge is 0.237 e. The van der Waals surface area contributed by atoms with Crippen LogP contribution in [0.15, 0.2) is 48.7 Å². The van der Waals surface area contributed by atoms with Crippen molar-refractivity contribution in [1.82, 2.24) is 15.2 Å². The van der Waals surface area contributed by atoms with Crippen molar-refractivity contribution < 1.29 is 9.53 Å². The van der Waals surface area contributed by atoms with Gasteiger partial charge in [0.2, 0.25) is 5.91 Å². The molecule has 0 unspecified atom stereocenters. The SMILES string of the molecule is COc1ccc(CCNC(=O)[C@H](C)N2CCN(c3ccccn3)CC2)cc1. The minimum absolute atomic E-state index is 0.0924. The Morgan fingerprint density at radius 1 is 1.15 bits per heavy atom. The fourth-order valence-corrected chi connectivity index (χ4v) is 3.31. The van der Waals surface area contributed by atoms with E-state index in [0.717, 1.165) is 44.2 Å². The highest BCUT2D eigenvalue weighted by atomic mass is 16.5. The third-order valence-corrected chi connectivity index (χ3v) is 5.09. The summed E-state index contributed by atoms with van der Waals surface area (Å²) in [5.74, 6) is 1.95. The van der Waals surface area contributed by atoms with Crippen LogP contribution in [0, 0.1) is 0 Å². The molecule has 0 bridgehead atoms. The molecule has 0 saturated carbocycles. The van der Waals surface area contributed by atoms with E-state index in [-0.39, 0.29) is 11.9 Å². The molecule has 3 rings (SSSR count). The summed E-state index contributed by atoms with van der Waals surface area (Å²) in [5.41, 5.74) is 1.19. The number of carbonyl (C=O) groups excluding carboxylic acids is 1. The summed E-state index contributed by atoms with van der Waals surface area (Å²) in [4.78, 5) is 21.4. The number of pyridine rings is 1. The molecule has 1 aromatic carbocycles. The molecule has 2 aromatic rings. The van der Waals surface area contributed by atoms with E-state index in [1.165, 1.54) is 5.56 Å². The molecule has 1 aliphatic heterocycles. The Balaban J connectivity index is 1.41. The summed E-state index contributed by atoms with van der Waals surface area (Å²) < 4.78 is 5.16. The predicted molar refractivity (Wildman–Crippen MR) is 107 cm³/mol. The summed E-state index contributed by atoms with van der Waals surface area (Å²) >= 11 is 0. The Hall–Kier alpha value is -2.60. The summed E-state index contributed by atoms with van der Waals surface area (Å²) in [5, 5.41) is 3.06. The minimum atomic E-state index is -0.119. The van der Waals surface area contributed by atoms with Crippen molar-refractivity contribution in [2.24, 2.45) is 0 Å². The number of hydrogen-bond acceptors (Lipinski definition) is 5. The zero-order valence-electron chi connectivity index (χ0n) is 16.1. The topological polar surface area (TPSA) is 57.7 Å². The summed E-state index contributed by atoms with van der Waals surface area (Å²) in [6.45, 7) is 6.14. The van der Waals surface area contributed by atoms with Gasteiger partial charge in [-0.05, 0) is 43.2 Å². The zero-order valence-corrected chi connectivity index (χ0v) is 16.1. The van der Waals surface area contributed by atoms with Crippen LogP contribution in [0.3, 0.4) is 0 Å². The molecule has 27 heavy (non-hydrogen) atoms. The van der Waals surface area contributed by atoms with E-state index in [1.807, 2.05) is 55.6 Å². The fraction of sp³-hybridized carbons (Fsp3) is 0.429. The number of anilines is 1. The van der Waals surface area contributed by atoms with Crippen LogP contribution in [0.4, 0.5) is 5.82 Å². The molecule has 2 heterocycles.